The molecule has 8 N–H and O–H groups in total. The van der Waals surface area contributed by atoms with E-state index in [-0.39, 0.29) is 51.0 Å². The minimum absolute atomic E-state index is 0.00860. The molecule has 0 aromatic carbocycles. The Hall–Kier alpha value is -2.32. The van der Waals surface area contributed by atoms with Crippen LogP contribution >= 0.6 is 0 Å². The summed E-state index contributed by atoms with van der Waals surface area (Å²) < 4.78 is 16.3. The molecule has 3 aliphatic heterocycles. The van der Waals surface area contributed by atoms with Crippen LogP contribution in [0.1, 0.15) is 44.9 Å². The van der Waals surface area contributed by atoms with Gasteiger partial charge in [0.1, 0.15) is 48.8 Å². The van der Waals surface area contributed by atoms with E-state index in [1.165, 1.54) is 0 Å². The summed E-state index contributed by atoms with van der Waals surface area (Å²) in [7, 11) is 0. The number of unbranched alkanes of at least 4 members (excludes halogenated alkanes) is 1. The number of aliphatic hydroxyl groups is 7. The lowest BCUT2D eigenvalue weighted by Gasteiger charge is -2.43. The van der Waals surface area contributed by atoms with Crippen molar-refractivity contribution in [3.8, 4) is 0 Å². The molecule has 0 bridgehead atoms. The van der Waals surface area contributed by atoms with Crippen LogP contribution in [0, 0.1) is 0 Å². The summed E-state index contributed by atoms with van der Waals surface area (Å²) >= 11 is 0. The normalized spacial score (nSPS) is 35.9. The zero-order valence-corrected chi connectivity index (χ0v) is 22.2. The Morgan fingerprint density at radius 3 is 2.05 bits per heavy atom. The van der Waals surface area contributed by atoms with Crippen molar-refractivity contribution in [1.82, 2.24) is 10.4 Å². The molecule has 17 nitrogen and oxygen atoms in total. The standard InChI is InChI=1S/C24H38N2O15/c27-9-12-19(33)22(36)23(37)24(40-12)38-10-13-20(34)21(35)18(32)11(39-13)7-8-25-14(28)3-1-2-4-17(31)41-26-15(29)5-6-16(26)30/h11-13,18-24,27,32-37H,1-10H2,(H,25,28)/t11-,12-,13-,18-,19-,20-,21-,22+,23+,24+/m1/s1. The van der Waals surface area contributed by atoms with Crippen LogP contribution in [0.25, 0.3) is 0 Å². The number of imide groups is 1. The third-order valence-electron chi connectivity index (χ3n) is 7.07. The van der Waals surface area contributed by atoms with E-state index in [0.29, 0.717) is 11.5 Å². The fraction of sp³-hybridized carbons (Fsp3) is 0.833. The van der Waals surface area contributed by atoms with Gasteiger partial charge in [-0.1, -0.05) is 0 Å². The lowest BCUT2D eigenvalue weighted by molar-refractivity contribution is -0.314. The summed E-state index contributed by atoms with van der Waals surface area (Å²) in [6, 6.07) is 0. The first kappa shape index (κ1) is 33.2. The topological polar surface area (TPSA) is 262 Å². The Bertz CT molecular complexity index is 903. The number of nitrogens with one attached hydrogen (secondary N) is 1. The van der Waals surface area contributed by atoms with Crippen molar-refractivity contribution in [2.75, 3.05) is 19.8 Å². The molecule has 17 heteroatoms. The monoisotopic (exact) mass is 594 g/mol. The summed E-state index contributed by atoms with van der Waals surface area (Å²) in [5, 5.41) is 73.0. The van der Waals surface area contributed by atoms with Crippen molar-refractivity contribution in [2.24, 2.45) is 0 Å². The Balaban J connectivity index is 1.36. The molecule has 0 radical (unpaired) electrons. The number of carbonyl (C=O) groups is 4. The molecule has 3 fully saturated rings. The van der Waals surface area contributed by atoms with Gasteiger partial charge in [0.2, 0.25) is 5.91 Å². The van der Waals surface area contributed by atoms with Gasteiger partial charge in [-0.25, -0.2) is 4.79 Å². The van der Waals surface area contributed by atoms with Gasteiger partial charge in [0.25, 0.3) is 11.8 Å². The first-order valence-electron chi connectivity index (χ1n) is 13.4. The third-order valence-corrected chi connectivity index (χ3v) is 7.07. The number of rotatable bonds is 13. The molecule has 41 heavy (non-hydrogen) atoms. The number of hydrogen-bond acceptors (Lipinski definition) is 15. The molecule has 10 atom stereocenters. The van der Waals surface area contributed by atoms with Gasteiger partial charge in [0.05, 0.1) is 19.3 Å². The Kier molecular flexibility index (Phi) is 12.3. The van der Waals surface area contributed by atoms with Crippen LogP contribution in [0.15, 0.2) is 0 Å². The van der Waals surface area contributed by atoms with Crippen LogP contribution in [0.2, 0.25) is 0 Å². The minimum Gasteiger partial charge on any atom is -0.394 e. The summed E-state index contributed by atoms with van der Waals surface area (Å²) in [6.07, 6.45) is -14.0. The van der Waals surface area contributed by atoms with Crippen LogP contribution in [0.4, 0.5) is 0 Å². The van der Waals surface area contributed by atoms with E-state index in [4.69, 9.17) is 19.0 Å². The van der Waals surface area contributed by atoms with Gasteiger partial charge < -0.3 is 60.1 Å². The predicted molar refractivity (Wildman–Crippen MR) is 130 cm³/mol. The molecule has 0 spiro atoms. The van der Waals surface area contributed by atoms with Gasteiger partial charge in [0.15, 0.2) is 6.29 Å². The van der Waals surface area contributed by atoms with Gasteiger partial charge in [-0.05, 0) is 19.3 Å². The fourth-order valence-corrected chi connectivity index (χ4v) is 4.60. The third kappa shape index (κ3) is 8.60. The first-order valence-corrected chi connectivity index (χ1v) is 13.4. The molecule has 3 rings (SSSR count). The zero-order valence-electron chi connectivity index (χ0n) is 22.2. The second-order valence-corrected chi connectivity index (χ2v) is 10.1. The number of carbonyl (C=O) groups excluding carboxylic acids is 4. The highest BCUT2D eigenvalue weighted by Crippen LogP contribution is 2.26. The van der Waals surface area contributed by atoms with Crippen molar-refractivity contribution in [3.63, 3.8) is 0 Å². The van der Waals surface area contributed by atoms with Crippen LogP contribution in [0.3, 0.4) is 0 Å². The lowest BCUT2D eigenvalue weighted by atomic mass is 9.93. The molecule has 0 saturated carbocycles. The largest absolute Gasteiger partial charge is 0.394 e. The second kappa shape index (κ2) is 15.2. The number of hydroxylamine groups is 2. The number of nitrogens with zero attached hydrogens (tertiary/aromatic N) is 1. The summed E-state index contributed by atoms with van der Waals surface area (Å²) in [4.78, 5) is 51.6. The summed E-state index contributed by atoms with van der Waals surface area (Å²) in [6.45, 7) is -1.09. The second-order valence-electron chi connectivity index (χ2n) is 10.1. The van der Waals surface area contributed by atoms with Crippen LogP contribution < -0.4 is 5.32 Å². The van der Waals surface area contributed by atoms with E-state index in [9.17, 15) is 54.9 Å². The van der Waals surface area contributed by atoms with Crippen molar-refractivity contribution < 1.29 is 74.0 Å². The highest BCUT2D eigenvalue weighted by Gasteiger charge is 2.47. The molecule has 0 aromatic rings. The molecule has 0 aromatic heterocycles. The van der Waals surface area contributed by atoms with E-state index in [0.717, 1.165) is 0 Å². The number of hydrogen-bond donors (Lipinski definition) is 8. The average molecular weight is 595 g/mol. The highest BCUT2D eigenvalue weighted by molar-refractivity contribution is 6.01. The van der Waals surface area contributed by atoms with E-state index >= 15 is 0 Å². The molecule has 234 valence electrons. The summed E-state index contributed by atoms with van der Waals surface area (Å²) in [5.74, 6) is -2.28. The first-order chi connectivity index (χ1) is 19.4. The number of ether oxygens (including phenoxy) is 3. The summed E-state index contributed by atoms with van der Waals surface area (Å²) in [5.41, 5.74) is 0. The average Bonchev–Trinajstić information content (AvgIpc) is 3.26. The number of amides is 3. The van der Waals surface area contributed by atoms with Crippen molar-refractivity contribution in [3.05, 3.63) is 0 Å². The molecular weight excluding hydrogens is 556 g/mol. The molecule has 3 amide bonds. The Morgan fingerprint density at radius 2 is 1.39 bits per heavy atom. The van der Waals surface area contributed by atoms with Gasteiger partial charge in [-0.15, -0.1) is 5.06 Å². The number of aliphatic hydroxyl groups excluding tert-OH is 7. The van der Waals surface area contributed by atoms with E-state index in [1.54, 1.807) is 0 Å². The smallest absolute Gasteiger partial charge is 0.333 e. The minimum atomic E-state index is -1.68. The van der Waals surface area contributed by atoms with Crippen molar-refractivity contribution in [1.29, 1.82) is 0 Å². The lowest BCUT2D eigenvalue weighted by Crippen LogP contribution is -2.61. The maximum absolute atomic E-state index is 12.1. The highest BCUT2D eigenvalue weighted by atomic mass is 16.7. The predicted octanol–water partition coefficient (Wildman–Crippen LogP) is -4.67. The van der Waals surface area contributed by atoms with Crippen LogP contribution in [-0.2, 0) is 38.2 Å². The molecule has 0 unspecified atom stereocenters. The van der Waals surface area contributed by atoms with E-state index < -0.39 is 92.2 Å². The van der Waals surface area contributed by atoms with Gasteiger partial charge >= 0.3 is 5.97 Å². The molecule has 0 aliphatic carbocycles. The molecule has 3 aliphatic rings. The zero-order chi connectivity index (χ0) is 30.3. The quantitative estimate of drug-likeness (QED) is 0.0736. The van der Waals surface area contributed by atoms with Gasteiger partial charge in [-0.3, -0.25) is 14.4 Å². The maximum Gasteiger partial charge on any atom is 0.333 e. The molecule has 3 saturated heterocycles. The SMILES string of the molecule is O=C(CCCCC(=O)ON1C(=O)CCC1=O)NCC[C@H]1O[C@H](CO[C@H]2O[C@H](CO)[C@@H](O)[C@H](O)[C@@H]2O)[C@@H](O)[C@H](O)[C@@H]1O. The van der Waals surface area contributed by atoms with Crippen molar-refractivity contribution in [2.45, 2.75) is 106 Å². The van der Waals surface area contributed by atoms with Crippen LogP contribution in [0.5, 0.6) is 0 Å². The van der Waals surface area contributed by atoms with Gasteiger partial charge in [0, 0.05) is 32.2 Å². The molecular formula is C24H38N2O15. The fourth-order valence-electron chi connectivity index (χ4n) is 4.60. The van der Waals surface area contributed by atoms with Crippen LogP contribution in [-0.4, -0.2) is 145 Å². The van der Waals surface area contributed by atoms with E-state index in [1.807, 2.05) is 0 Å². The Labute approximate surface area is 234 Å². The van der Waals surface area contributed by atoms with Crippen molar-refractivity contribution >= 4 is 23.7 Å². The Morgan fingerprint density at radius 1 is 0.805 bits per heavy atom. The maximum atomic E-state index is 12.1. The molecule has 3 heterocycles. The van der Waals surface area contributed by atoms with Gasteiger partial charge in [-0.2, -0.15) is 0 Å². The van der Waals surface area contributed by atoms with E-state index in [2.05, 4.69) is 5.32 Å².